The molecular formula is C10H22N4O. The maximum atomic E-state index is 8.42. The summed E-state index contributed by atoms with van der Waals surface area (Å²) in [5, 5.41) is 11.4. The monoisotopic (exact) mass is 214 g/mol. The lowest BCUT2D eigenvalue weighted by molar-refractivity contribution is 0.147. The number of hydrogen-bond donors (Lipinski definition) is 2. The normalized spacial score (nSPS) is 21.1. The van der Waals surface area contributed by atoms with Gasteiger partial charge in [-0.3, -0.25) is 0 Å². The SMILES string of the molecule is CN(C)C1CCN(CC/C(N)=N/O)CC1. The van der Waals surface area contributed by atoms with Gasteiger partial charge >= 0.3 is 0 Å². The van der Waals surface area contributed by atoms with E-state index >= 15 is 0 Å². The number of nitrogens with zero attached hydrogens (tertiary/aromatic N) is 3. The van der Waals surface area contributed by atoms with Crippen LogP contribution in [-0.2, 0) is 0 Å². The first-order valence-corrected chi connectivity index (χ1v) is 5.48. The van der Waals surface area contributed by atoms with Crippen molar-refractivity contribution in [3.8, 4) is 0 Å². The van der Waals surface area contributed by atoms with Crippen molar-refractivity contribution >= 4 is 5.84 Å². The van der Waals surface area contributed by atoms with Crippen LogP contribution >= 0.6 is 0 Å². The van der Waals surface area contributed by atoms with Crippen molar-refractivity contribution in [2.45, 2.75) is 25.3 Å². The fraction of sp³-hybridized carbons (Fsp3) is 0.900. The molecule has 1 aliphatic heterocycles. The summed E-state index contributed by atoms with van der Waals surface area (Å²) in [6, 6.07) is 0.713. The van der Waals surface area contributed by atoms with Crippen LogP contribution in [0.1, 0.15) is 19.3 Å². The van der Waals surface area contributed by atoms with Crippen molar-refractivity contribution in [2.75, 3.05) is 33.7 Å². The van der Waals surface area contributed by atoms with E-state index in [1.807, 2.05) is 0 Å². The van der Waals surface area contributed by atoms with Crippen molar-refractivity contribution in [3.05, 3.63) is 0 Å². The van der Waals surface area contributed by atoms with Crippen molar-refractivity contribution in [2.24, 2.45) is 10.9 Å². The quantitative estimate of drug-likeness (QED) is 0.302. The summed E-state index contributed by atoms with van der Waals surface area (Å²) < 4.78 is 0. The van der Waals surface area contributed by atoms with Crippen LogP contribution in [0.4, 0.5) is 0 Å². The van der Waals surface area contributed by atoms with Gasteiger partial charge in [0.25, 0.3) is 0 Å². The first-order valence-electron chi connectivity index (χ1n) is 5.48. The third-order valence-corrected chi connectivity index (χ3v) is 3.10. The molecule has 3 N–H and O–H groups in total. The smallest absolute Gasteiger partial charge is 0.140 e. The molecule has 0 atom stereocenters. The Labute approximate surface area is 91.5 Å². The van der Waals surface area contributed by atoms with E-state index in [0.29, 0.717) is 18.3 Å². The van der Waals surface area contributed by atoms with Gasteiger partial charge < -0.3 is 20.7 Å². The average molecular weight is 214 g/mol. The summed E-state index contributed by atoms with van der Waals surface area (Å²) in [6.45, 7) is 3.12. The third-order valence-electron chi connectivity index (χ3n) is 3.10. The molecule has 0 spiro atoms. The molecule has 5 nitrogen and oxygen atoms in total. The zero-order valence-electron chi connectivity index (χ0n) is 9.69. The highest BCUT2D eigenvalue weighted by molar-refractivity contribution is 5.79. The maximum absolute atomic E-state index is 8.42. The number of likely N-dealkylation sites (tertiary alicyclic amines) is 1. The minimum Gasteiger partial charge on any atom is -0.409 e. The van der Waals surface area contributed by atoms with Crippen LogP contribution in [-0.4, -0.2) is 60.6 Å². The zero-order valence-corrected chi connectivity index (χ0v) is 9.69. The van der Waals surface area contributed by atoms with Gasteiger partial charge in [-0.1, -0.05) is 5.16 Å². The van der Waals surface area contributed by atoms with E-state index in [1.165, 1.54) is 12.8 Å². The Bertz CT molecular complexity index is 209. The topological polar surface area (TPSA) is 65.1 Å². The Balaban J connectivity index is 2.20. The average Bonchev–Trinajstić information content (AvgIpc) is 2.26. The van der Waals surface area contributed by atoms with E-state index in [1.54, 1.807) is 0 Å². The lowest BCUT2D eigenvalue weighted by Gasteiger charge is -2.35. The maximum Gasteiger partial charge on any atom is 0.140 e. The number of piperidine rings is 1. The van der Waals surface area contributed by atoms with Gasteiger partial charge in [0.2, 0.25) is 0 Å². The molecule has 88 valence electrons. The highest BCUT2D eigenvalue weighted by Gasteiger charge is 2.20. The van der Waals surface area contributed by atoms with E-state index in [0.717, 1.165) is 19.6 Å². The molecule has 5 heteroatoms. The molecule has 0 amide bonds. The number of amidine groups is 1. The van der Waals surface area contributed by atoms with Gasteiger partial charge in [0.15, 0.2) is 0 Å². The molecule has 0 saturated carbocycles. The molecule has 0 aromatic heterocycles. The van der Waals surface area contributed by atoms with Crippen LogP contribution in [0.5, 0.6) is 0 Å². The number of rotatable bonds is 4. The summed E-state index contributed by atoms with van der Waals surface area (Å²) in [7, 11) is 4.27. The fourth-order valence-corrected chi connectivity index (χ4v) is 1.98. The van der Waals surface area contributed by atoms with Crippen molar-refractivity contribution in [1.82, 2.24) is 9.80 Å². The lowest BCUT2D eigenvalue weighted by Crippen LogP contribution is -2.42. The molecule has 1 heterocycles. The highest BCUT2D eigenvalue weighted by Crippen LogP contribution is 2.13. The van der Waals surface area contributed by atoms with Gasteiger partial charge in [0.05, 0.1) is 0 Å². The number of oxime groups is 1. The second kappa shape index (κ2) is 5.92. The Morgan fingerprint density at radius 3 is 2.53 bits per heavy atom. The van der Waals surface area contributed by atoms with Gasteiger partial charge in [-0.15, -0.1) is 0 Å². The highest BCUT2D eigenvalue weighted by atomic mass is 16.4. The second-order valence-electron chi connectivity index (χ2n) is 4.38. The second-order valence-corrected chi connectivity index (χ2v) is 4.38. The predicted molar refractivity (Wildman–Crippen MR) is 61.2 cm³/mol. The minimum absolute atomic E-state index is 0.324. The van der Waals surface area contributed by atoms with Crippen LogP contribution in [0.15, 0.2) is 5.16 Å². The third kappa shape index (κ3) is 4.05. The molecule has 1 aliphatic rings. The van der Waals surface area contributed by atoms with E-state index in [2.05, 4.69) is 29.1 Å². The predicted octanol–water partition coefficient (Wildman–Crippen LogP) is 0.149. The molecule has 0 unspecified atom stereocenters. The Kier molecular flexibility index (Phi) is 4.84. The van der Waals surface area contributed by atoms with Crippen molar-refractivity contribution in [3.63, 3.8) is 0 Å². The molecule has 1 rings (SSSR count). The van der Waals surface area contributed by atoms with Crippen molar-refractivity contribution in [1.29, 1.82) is 0 Å². The molecule has 1 fully saturated rings. The van der Waals surface area contributed by atoms with Crippen LogP contribution in [0, 0.1) is 0 Å². The van der Waals surface area contributed by atoms with Crippen LogP contribution in [0.2, 0.25) is 0 Å². The molecule has 0 bridgehead atoms. The molecule has 0 aliphatic carbocycles. The van der Waals surface area contributed by atoms with Gasteiger partial charge in [-0.05, 0) is 40.0 Å². The fourth-order valence-electron chi connectivity index (χ4n) is 1.98. The largest absolute Gasteiger partial charge is 0.409 e. The summed E-state index contributed by atoms with van der Waals surface area (Å²) >= 11 is 0. The van der Waals surface area contributed by atoms with Gasteiger partial charge in [-0.2, -0.15) is 0 Å². The van der Waals surface area contributed by atoms with Gasteiger partial charge in [-0.25, -0.2) is 0 Å². The number of nitrogens with two attached hydrogens (primary N) is 1. The van der Waals surface area contributed by atoms with E-state index in [-0.39, 0.29) is 0 Å². The van der Waals surface area contributed by atoms with Crippen molar-refractivity contribution < 1.29 is 5.21 Å². The standard InChI is InChI=1S/C10H22N4O/c1-13(2)9-3-6-14(7-4-9)8-5-10(11)12-15/h9,15H,3-8H2,1-2H3,(H2,11,12). The molecule has 0 aromatic rings. The van der Waals surface area contributed by atoms with Gasteiger partial charge in [0.1, 0.15) is 5.84 Å². The summed E-state index contributed by atoms with van der Waals surface area (Å²) in [4.78, 5) is 4.67. The molecule has 0 radical (unpaired) electrons. The van der Waals surface area contributed by atoms with Crippen LogP contribution in [0.3, 0.4) is 0 Å². The zero-order chi connectivity index (χ0) is 11.3. The molecule has 0 aromatic carbocycles. The van der Waals surface area contributed by atoms with E-state index in [4.69, 9.17) is 10.9 Å². The van der Waals surface area contributed by atoms with E-state index in [9.17, 15) is 0 Å². The first-order chi connectivity index (χ1) is 7.13. The van der Waals surface area contributed by atoms with Crippen LogP contribution < -0.4 is 5.73 Å². The minimum atomic E-state index is 0.324. The molecule has 1 saturated heterocycles. The number of hydrogen-bond acceptors (Lipinski definition) is 4. The summed E-state index contributed by atoms with van der Waals surface area (Å²) in [5.74, 6) is 0.324. The Morgan fingerprint density at radius 2 is 2.07 bits per heavy atom. The van der Waals surface area contributed by atoms with E-state index < -0.39 is 0 Å². The lowest BCUT2D eigenvalue weighted by atomic mass is 10.0. The van der Waals surface area contributed by atoms with Gasteiger partial charge in [0, 0.05) is 19.0 Å². The Morgan fingerprint density at radius 1 is 1.47 bits per heavy atom. The Hall–Kier alpha value is -0.810. The first kappa shape index (κ1) is 12.3. The molecule has 15 heavy (non-hydrogen) atoms. The summed E-state index contributed by atoms with van der Waals surface area (Å²) in [5.41, 5.74) is 5.43. The summed E-state index contributed by atoms with van der Waals surface area (Å²) in [6.07, 6.45) is 3.08. The van der Waals surface area contributed by atoms with Crippen LogP contribution in [0.25, 0.3) is 0 Å². The molecular weight excluding hydrogens is 192 g/mol.